The molecule has 0 aromatic rings. The Hall–Kier alpha value is -1.66. The smallest absolute Gasteiger partial charge is 0.305 e. The zero-order chi connectivity index (χ0) is 43.0. The van der Waals surface area contributed by atoms with Gasteiger partial charge in [-0.2, -0.15) is 0 Å². The van der Waals surface area contributed by atoms with Crippen LogP contribution in [0.2, 0.25) is 0 Å². The van der Waals surface area contributed by atoms with E-state index in [1.54, 1.807) is 0 Å². The number of aliphatic hydroxyl groups is 2. The maximum absolute atomic E-state index is 12.4. The van der Waals surface area contributed by atoms with E-state index in [2.05, 4.69) is 43.5 Å². The first-order valence-electron chi connectivity index (χ1n) is 26.1. The largest absolute Gasteiger partial charge is 0.466 e. The number of hydrogen-bond acceptors (Lipinski definition) is 5. The molecule has 0 spiro atoms. The fraction of sp³-hybridized carbons (Fsp3) is 0.887. The monoisotopic (exact) mass is 832 g/mol. The van der Waals surface area contributed by atoms with Crippen molar-refractivity contribution < 1.29 is 24.5 Å². The standard InChI is InChI=1S/C53H101NO5/c1-3-5-7-9-11-13-25-29-33-37-41-45-51(56)50(49-55)54-52(57)46-42-38-34-30-27-23-21-19-17-15-16-18-20-22-24-28-32-36-40-44-48-59-53(58)47-43-39-35-31-26-14-12-10-8-6-4-2/h10,12,15,17,50-51,55-56H,3-9,11,13-14,16,18-49H2,1-2H3,(H,54,57)/b12-10-,17-15-. The highest BCUT2D eigenvalue weighted by Gasteiger charge is 2.20. The number of rotatable bonds is 48. The van der Waals surface area contributed by atoms with E-state index in [-0.39, 0.29) is 18.5 Å². The molecule has 0 aliphatic rings. The first-order chi connectivity index (χ1) is 29.0. The van der Waals surface area contributed by atoms with Gasteiger partial charge in [0.05, 0.1) is 25.4 Å². The predicted molar refractivity (Wildman–Crippen MR) is 255 cm³/mol. The minimum absolute atomic E-state index is 0.00528. The molecule has 2 atom stereocenters. The minimum atomic E-state index is -0.668. The normalized spacial score (nSPS) is 12.8. The summed E-state index contributed by atoms with van der Waals surface area (Å²) in [5.41, 5.74) is 0. The Bertz CT molecular complexity index is 920. The molecule has 0 radical (unpaired) electrons. The maximum Gasteiger partial charge on any atom is 0.305 e. The zero-order valence-corrected chi connectivity index (χ0v) is 39.5. The number of allylic oxidation sites excluding steroid dienone is 4. The Morgan fingerprint density at radius 3 is 1.25 bits per heavy atom. The lowest BCUT2D eigenvalue weighted by Crippen LogP contribution is -2.45. The molecule has 0 saturated carbocycles. The Kier molecular flexibility index (Phi) is 47.6. The molecule has 0 rings (SSSR count). The number of hydrogen-bond donors (Lipinski definition) is 3. The lowest BCUT2D eigenvalue weighted by atomic mass is 10.0. The summed E-state index contributed by atoms with van der Waals surface area (Å²) in [5, 5.41) is 23.1. The van der Waals surface area contributed by atoms with Gasteiger partial charge in [0.15, 0.2) is 0 Å². The topological polar surface area (TPSA) is 95.9 Å². The number of nitrogens with one attached hydrogen (secondary N) is 1. The van der Waals surface area contributed by atoms with Gasteiger partial charge in [-0.05, 0) is 70.6 Å². The Balaban J connectivity index is 3.43. The molecule has 59 heavy (non-hydrogen) atoms. The van der Waals surface area contributed by atoms with Gasteiger partial charge in [-0.1, -0.05) is 218 Å². The molecule has 0 aliphatic heterocycles. The Morgan fingerprint density at radius 2 is 0.814 bits per heavy atom. The average molecular weight is 832 g/mol. The first-order valence-corrected chi connectivity index (χ1v) is 26.1. The molecular formula is C53H101NO5. The summed E-state index contributed by atoms with van der Waals surface area (Å²) in [6.07, 6.45) is 57.3. The maximum atomic E-state index is 12.4. The van der Waals surface area contributed by atoms with Crippen molar-refractivity contribution in [3.8, 4) is 0 Å². The molecule has 0 aliphatic carbocycles. The minimum Gasteiger partial charge on any atom is -0.466 e. The van der Waals surface area contributed by atoms with Gasteiger partial charge in [-0.25, -0.2) is 0 Å². The van der Waals surface area contributed by atoms with Crippen LogP contribution >= 0.6 is 0 Å². The summed E-state index contributed by atoms with van der Waals surface area (Å²) in [6, 6.07) is -0.546. The van der Waals surface area contributed by atoms with Crippen molar-refractivity contribution in [1.82, 2.24) is 5.32 Å². The zero-order valence-electron chi connectivity index (χ0n) is 39.5. The second-order valence-corrected chi connectivity index (χ2v) is 17.8. The van der Waals surface area contributed by atoms with E-state index in [4.69, 9.17) is 4.74 Å². The van der Waals surface area contributed by atoms with Crippen LogP contribution in [0.15, 0.2) is 24.3 Å². The molecule has 3 N–H and O–H groups in total. The number of esters is 1. The van der Waals surface area contributed by atoms with Crippen LogP contribution in [-0.4, -0.2) is 47.4 Å². The Morgan fingerprint density at radius 1 is 0.458 bits per heavy atom. The molecule has 2 unspecified atom stereocenters. The van der Waals surface area contributed by atoms with Crippen molar-refractivity contribution in [3.05, 3.63) is 24.3 Å². The summed E-state index contributed by atoms with van der Waals surface area (Å²) in [6.45, 7) is 4.89. The van der Waals surface area contributed by atoms with Crippen LogP contribution in [0.4, 0.5) is 0 Å². The van der Waals surface area contributed by atoms with Gasteiger partial charge in [0, 0.05) is 12.8 Å². The van der Waals surface area contributed by atoms with Crippen molar-refractivity contribution in [1.29, 1.82) is 0 Å². The van der Waals surface area contributed by atoms with Crippen molar-refractivity contribution in [2.75, 3.05) is 13.2 Å². The molecule has 0 fully saturated rings. The number of amides is 1. The van der Waals surface area contributed by atoms with E-state index in [0.717, 1.165) is 44.9 Å². The average Bonchev–Trinajstić information content (AvgIpc) is 3.24. The predicted octanol–water partition coefficient (Wildman–Crippen LogP) is 15.5. The Labute approximate surface area is 367 Å². The van der Waals surface area contributed by atoms with Crippen molar-refractivity contribution in [2.45, 2.75) is 289 Å². The van der Waals surface area contributed by atoms with Crippen LogP contribution in [0.1, 0.15) is 277 Å². The first kappa shape index (κ1) is 57.3. The van der Waals surface area contributed by atoms with E-state index in [1.807, 2.05) is 0 Å². The van der Waals surface area contributed by atoms with Crippen molar-refractivity contribution >= 4 is 11.9 Å². The number of ether oxygens (including phenoxy) is 1. The van der Waals surface area contributed by atoms with Crippen LogP contribution in [-0.2, 0) is 14.3 Å². The highest BCUT2D eigenvalue weighted by Crippen LogP contribution is 2.16. The molecule has 0 aromatic carbocycles. The fourth-order valence-electron chi connectivity index (χ4n) is 7.91. The molecule has 0 heterocycles. The van der Waals surface area contributed by atoms with Gasteiger partial charge in [-0.15, -0.1) is 0 Å². The number of carbonyl (C=O) groups excluding carboxylic acids is 2. The SMILES string of the molecule is CCCC/C=C\CCCCCCCC(=O)OCCCCCCCCCCC/C=C\CCCCCCCCCC(=O)NC(CO)C(O)CCCCCCCCCCCCC. The second kappa shape index (κ2) is 49.0. The van der Waals surface area contributed by atoms with Gasteiger partial charge in [-0.3, -0.25) is 9.59 Å². The molecule has 1 amide bonds. The summed E-state index contributed by atoms with van der Waals surface area (Å²) < 4.78 is 5.44. The van der Waals surface area contributed by atoms with Gasteiger partial charge in [0.2, 0.25) is 5.91 Å². The third kappa shape index (κ3) is 45.7. The molecular weight excluding hydrogens is 731 g/mol. The molecule has 6 heteroatoms. The lowest BCUT2D eigenvalue weighted by Gasteiger charge is -2.22. The molecule has 0 saturated heterocycles. The number of unbranched alkanes of at least 4 members (excludes halogenated alkanes) is 33. The highest BCUT2D eigenvalue weighted by atomic mass is 16.5. The van der Waals surface area contributed by atoms with Crippen LogP contribution in [0, 0.1) is 0 Å². The fourth-order valence-corrected chi connectivity index (χ4v) is 7.91. The van der Waals surface area contributed by atoms with Crippen molar-refractivity contribution in [2.24, 2.45) is 0 Å². The molecule has 6 nitrogen and oxygen atoms in total. The van der Waals surface area contributed by atoms with Gasteiger partial charge < -0.3 is 20.3 Å². The van der Waals surface area contributed by atoms with E-state index >= 15 is 0 Å². The number of aliphatic hydroxyl groups excluding tert-OH is 2. The molecule has 348 valence electrons. The van der Waals surface area contributed by atoms with E-state index in [0.29, 0.717) is 25.9 Å². The second-order valence-electron chi connectivity index (χ2n) is 17.8. The summed E-state index contributed by atoms with van der Waals surface area (Å²) >= 11 is 0. The van der Waals surface area contributed by atoms with Crippen LogP contribution in [0.3, 0.4) is 0 Å². The van der Waals surface area contributed by atoms with E-state index < -0.39 is 12.1 Å². The molecule has 0 bridgehead atoms. The quantitative estimate of drug-likeness (QED) is 0.0322. The lowest BCUT2D eigenvalue weighted by molar-refractivity contribution is -0.143. The van der Waals surface area contributed by atoms with E-state index in [9.17, 15) is 19.8 Å². The van der Waals surface area contributed by atoms with Gasteiger partial charge >= 0.3 is 5.97 Å². The van der Waals surface area contributed by atoms with Gasteiger partial charge in [0.1, 0.15) is 0 Å². The highest BCUT2D eigenvalue weighted by molar-refractivity contribution is 5.76. The van der Waals surface area contributed by atoms with E-state index in [1.165, 1.54) is 199 Å². The number of carbonyl (C=O) groups is 2. The van der Waals surface area contributed by atoms with Crippen molar-refractivity contribution in [3.63, 3.8) is 0 Å². The third-order valence-electron chi connectivity index (χ3n) is 12.0. The summed E-state index contributed by atoms with van der Waals surface area (Å²) in [4.78, 5) is 24.4. The summed E-state index contributed by atoms with van der Waals surface area (Å²) in [5.74, 6) is -0.0503. The third-order valence-corrected chi connectivity index (χ3v) is 12.0. The van der Waals surface area contributed by atoms with Gasteiger partial charge in [0.25, 0.3) is 0 Å². The van der Waals surface area contributed by atoms with Crippen LogP contribution in [0.25, 0.3) is 0 Å². The summed E-state index contributed by atoms with van der Waals surface area (Å²) in [7, 11) is 0. The van der Waals surface area contributed by atoms with Crippen LogP contribution in [0.5, 0.6) is 0 Å². The van der Waals surface area contributed by atoms with Crippen LogP contribution < -0.4 is 5.32 Å². The molecule has 0 aromatic heterocycles.